The van der Waals surface area contributed by atoms with Crippen LogP contribution in [0.2, 0.25) is 0 Å². The normalized spacial score (nSPS) is 20.1. The summed E-state index contributed by atoms with van der Waals surface area (Å²) in [5, 5.41) is 3.99. The van der Waals surface area contributed by atoms with Gasteiger partial charge in [0.2, 0.25) is 0 Å². The van der Waals surface area contributed by atoms with E-state index in [1.807, 2.05) is 12.1 Å². The molecule has 1 heterocycles. The van der Waals surface area contributed by atoms with Gasteiger partial charge in [0.15, 0.2) is 6.61 Å². The third-order valence-corrected chi connectivity index (χ3v) is 5.15. The maximum absolute atomic E-state index is 12.2. The van der Waals surface area contributed by atoms with Crippen LogP contribution in [0.25, 0.3) is 11.0 Å². The third kappa shape index (κ3) is 4.45. The molecule has 1 fully saturated rings. The maximum Gasteiger partial charge on any atom is 0.336 e. The molecule has 26 heavy (non-hydrogen) atoms. The van der Waals surface area contributed by atoms with Gasteiger partial charge < -0.3 is 14.5 Å². The lowest BCUT2D eigenvalue weighted by Gasteiger charge is -2.29. The van der Waals surface area contributed by atoms with Crippen LogP contribution in [0.1, 0.15) is 51.5 Å². The summed E-state index contributed by atoms with van der Waals surface area (Å²) in [6, 6.07) is 7.18. The molecule has 1 saturated carbocycles. The van der Waals surface area contributed by atoms with Crippen molar-refractivity contribution in [1.82, 2.24) is 5.32 Å². The lowest BCUT2D eigenvalue weighted by molar-refractivity contribution is -0.124. The molecule has 0 radical (unpaired) electrons. The van der Waals surface area contributed by atoms with Gasteiger partial charge in [-0.25, -0.2) is 4.79 Å². The summed E-state index contributed by atoms with van der Waals surface area (Å²) in [5.74, 6) is 0.936. The smallest absolute Gasteiger partial charge is 0.336 e. The lowest BCUT2D eigenvalue weighted by atomic mass is 9.86. The zero-order valence-corrected chi connectivity index (χ0v) is 15.5. The van der Waals surface area contributed by atoms with E-state index in [2.05, 4.69) is 19.2 Å². The first kappa shape index (κ1) is 18.5. The van der Waals surface area contributed by atoms with E-state index in [1.165, 1.54) is 12.8 Å². The quantitative estimate of drug-likeness (QED) is 0.798. The summed E-state index contributed by atoms with van der Waals surface area (Å²) in [6.45, 7) is 4.22. The summed E-state index contributed by atoms with van der Waals surface area (Å²) in [4.78, 5) is 23.9. The van der Waals surface area contributed by atoms with E-state index in [0.29, 0.717) is 17.3 Å². The molecule has 5 heteroatoms. The number of aryl methyl sites for hydroxylation is 1. The van der Waals surface area contributed by atoms with Crippen LogP contribution in [0.5, 0.6) is 5.75 Å². The first-order chi connectivity index (χ1) is 12.6. The van der Waals surface area contributed by atoms with Gasteiger partial charge in [-0.1, -0.05) is 33.1 Å². The molecule has 1 aliphatic rings. The molecule has 1 aromatic carbocycles. The standard InChI is InChI=1S/C21H27NO4/c1-3-6-15-11-21(24)26-19-12-16(9-10-17(15)19)25-13-20(23)22-18-8-5-4-7-14(18)2/h9-12,14,18H,3-8,13H2,1-2H3,(H,22,23)/t14-,18-/m1/s1. The van der Waals surface area contributed by atoms with Gasteiger partial charge in [0.1, 0.15) is 11.3 Å². The van der Waals surface area contributed by atoms with Crippen molar-refractivity contribution >= 4 is 16.9 Å². The monoisotopic (exact) mass is 357 g/mol. The first-order valence-electron chi connectivity index (χ1n) is 9.55. The van der Waals surface area contributed by atoms with Crippen molar-refractivity contribution in [3.8, 4) is 5.75 Å². The predicted molar refractivity (Wildman–Crippen MR) is 102 cm³/mol. The number of carbonyl (C=O) groups excluding carboxylic acids is 1. The van der Waals surface area contributed by atoms with E-state index in [-0.39, 0.29) is 24.2 Å². The van der Waals surface area contributed by atoms with Crippen molar-refractivity contribution in [2.24, 2.45) is 5.92 Å². The Morgan fingerprint density at radius 2 is 2.08 bits per heavy atom. The topological polar surface area (TPSA) is 68.5 Å². The molecule has 5 nitrogen and oxygen atoms in total. The summed E-state index contributed by atoms with van der Waals surface area (Å²) in [6.07, 6.45) is 6.39. The fraction of sp³-hybridized carbons (Fsp3) is 0.524. The number of ether oxygens (including phenoxy) is 1. The number of hydrogen-bond donors (Lipinski definition) is 1. The van der Waals surface area contributed by atoms with Crippen LogP contribution in [0, 0.1) is 5.92 Å². The molecule has 1 amide bonds. The number of rotatable bonds is 6. The average molecular weight is 357 g/mol. The van der Waals surface area contributed by atoms with Crippen molar-refractivity contribution in [3.63, 3.8) is 0 Å². The second kappa shape index (κ2) is 8.39. The minimum atomic E-state index is -0.359. The van der Waals surface area contributed by atoms with Gasteiger partial charge in [-0.05, 0) is 42.9 Å². The van der Waals surface area contributed by atoms with Gasteiger partial charge in [0, 0.05) is 23.6 Å². The number of carbonyl (C=O) groups is 1. The van der Waals surface area contributed by atoms with Crippen molar-refractivity contribution in [1.29, 1.82) is 0 Å². The Hall–Kier alpha value is -2.30. The molecule has 1 N–H and O–H groups in total. The SMILES string of the molecule is CCCc1cc(=O)oc2cc(OCC(=O)N[C@@H]3CCCC[C@H]3C)ccc12. The van der Waals surface area contributed by atoms with Crippen LogP contribution in [0.3, 0.4) is 0 Å². The zero-order chi connectivity index (χ0) is 18.5. The number of nitrogens with one attached hydrogen (secondary N) is 1. The van der Waals surface area contributed by atoms with Gasteiger partial charge >= 0.3 is 5.63 Å². The van der Waals surface area contributed by atoms with Gasteiger partial charge in [-0.15, -0.1) is 0 Å². The number of hydrogen-bond acceptors (Lipinski definition) is 4. The van der Waals surface area contributed by atoms with Crippen molar-refractivity contribution in [2.75, 3.05) is 6.61 Å². The van der Waals surface area contributed by atoms with Gasteiger partial charge in [0.05, 0.1) is 0 Å². The van der Waals surface area contributed by atoms with Crippen LogP contribution >= 0.6 is 0 Å². The molecular weight excluding hydrogens is 330 g/mol. The first-order valence-corrected chi connectivity index (χ1v) is 9.55. The van der Waals surface area contributed by atoms with Gasteiger partial charge in [-0.2, -0.15) is 0 Å². The molecule has 0 saturated heterocycles. The molecule has 0 spiro atoms. The molecule has 0 unspecified atom stereocenters. The van der Waals surface area contributed by atoms with Gasteiger partial charge in [0.25, 0.3) is 5.91 Å². The van der Waals surface area contributed by atoms with Crippen LogP contribution in [-0.2, 0) is 11.2 Å². The van der Waals surface area contributed by atoms with E-state index in [9.17, 15) is 9.59 Å². The highest BCUT2D eigenvalue weighted by atomic mass is 16.5. The molecule has 1 aliphatic carbocycles. The summed E-state index contributed by atoms with van der Waals surface area (Å²) >= 11 is 0. The molecule has 0 aliphatic heterocycles. The minimum Gasteiger partial charge on any atom is -0.484 e. The highest BCUT2D eigenvalue weighted by Gasteiger charge is 2.22. The third-order valence-electron chi connectivity index (χ3n) is 5.15. The number of fused-ring (bicyclic) bond motifs is 1. The number of benzene rings is 1. The van der Waals surface area contributed by atoms with Crippen LogP contribution in [0.15, 0.2) is 33.5 Å². The summed E-state index contributed by atoms with van der Waals surface area (Å²) < 4.78 is 10.9. The Balaban J connectivity index is 1.65. The molecule has 2 atom stereocenters. The van der Waals surface area contributed by atoms with E-state index in [1.54, 1.807) is 12.1 Å². The molecule has 140 valence electrons. The Morgan fingerprint density at radius 3 is 2.85 bits per heavy atom. The molecule has 0 bridgehead atoms. The predicted octanol–water partition coefficient (Wildman–Crippen LogP) is 3.82. The fourth-order valence-electron chi connectivity index (χ4n) is 3.70. The average Bonchev–Trinajstić information content (AvgIpc) is 2.62. The van der Waals surface area contributed by atoms with E-state index >= 15 is 0 Å². The molecule has 3 rings (SSSR count). The van der Waals surface area contributed by atoms with E-state index in [4.69, 9.17) is 9.15 Å². The Bertz CT molecular complexity index is 826. The minimum absolute atomic E-state index is 0.0341. The van der Waals surface area contributed by atoms with Crippen LogP contribution in [-0.4, -0.2) is 18.6 Å². The maximum atomic E-state index is 12.2. The molecule has 2 aromatic rings. The number of amides is 1. The zero-order valence-electron chi connectivity index (χ0n) is 15.5. The van der Waals surface area contributed by atoms with Gasteiger partial charge in [-0.3, -0.25) is 4.79 Å². The molecule has 1 aromatic heterocycles. The fourth-order valence-corrected chi connectivity index (χ4v) is 3.70. The summed E-state index contributed by atoms with van der Waals surface area (Å²) in [5.41, 5.74) is 1.12. The highest BCUT2D eigenvalue weighted by Crippen LogP contribution is 2.25. The lowest BCUT2D eigenvalue weighted by Crippen LogP contribution is -2.43. The van der Waals surface area contributed by atoms with Crippen molar-refractivity contribution in [2.45, 2.75) is 58.4 Å². The summed E-state index contributed by atoms with van der Waals surface area (Å²) in [7, 11) is 0. The van der Waals surface area contributed by atoms with Crippen molar-refractivity contribution < 1.29 is 13.9 Å². The van der Waals surface area contributed by atoms with E-state index < -0.39 is 0 Å². The highest BCUT2D eigenvalue weighted by molar-refractivity contribution is 5.82. The largest absolute Gasteiger partial charge is 0.484 e. The van der Waals surface area contributed by atoms with Crippen molar-refractivity contribution in [3.05, 3.63) is 40.2 Å². The Labute approximate surface area is 153 Å². The van der Waals surface area contributed by atoms with E-state index in [0.717, 1.165) is 36.6 Å². The van der Waals surface area contributed by atoms with Crippen LogP contribution in [0.4, 0.5) is 0 Å². The second-order valence-electron chi connectivity index (χ2n) is 7.22. The second-order valence-corrected chi connectivity index (χ2v) is 7.22. The molecular formula is C21H27NO4. The Kier molecular flexibility index (Phi) is 5.96. The van der Waals surface area contributed by atoms with Crippen LogP contribution < -0.4 is 15.7 Å². The Morgan fingerprint density at radius 1 is 1.27 bits per heavy atom.